The van der Waals surface area contributed by atoms with Gasteiger partial charge in [-0.2, -0.15) is 0 Å². The van der Waals surface area contributed by atoms with E-state index in [0.29, 0.717) is 19.5 Å². The van der Waals surface area contributed by atoms with Gasteiger partial charge < -0.3 is 20.8 Å². The van der Waals surface area contributed by atoms with Gasteiger partial charge in [-0.05, 0) is 6.42 Å². The molecule has 0 unspecified atom stereocenters. The molecule has 0 heterocycles. The summed E-state index contributed by atoms with van der Waals surface area (Å²) in [4.78, 5) is 20.5. The summed E-state index contributed by atoms with van der Waals surface area (Å²) in [6, 6.07) is 0. The lowest BCUT2D eigenvalue weighted by molar-refractivity contribution is -0.134. The molecule has 0 aromatic heterocycles. The molecule has 0 aromatic carbocycles. The maximum Gasteiger partial charge on any atom is 0.300 e. The molecular formula is C18H38N2O4. The zero-order chi connectivity index (χ0) is 18.5. The summed E-state index contributed by atoms with van der Waals surface area (Å²) < 4.78 is 0. The summed E-state index contributed by atoms with van der Waals surface area (Å²) in [6.07, 6.45) is 12.2. The number of aliphatic hydroxyl groups is 1. The third-order valence-electron chi connectivity index (χ3n) is 3.42. The fraction of sp³-hybridized carbons (Fsp3) is 0.889. The number of amides is 1. The van der Waals surface area contributed by atoms with Crippen LogP contribution in [0.25, 0.3) is 0 Å². The van der Waals surface area contributed by atoms with Crippen LogP contribution >= 0.6 is 0 Å². The molecule has 0 saturated heterocycles. The molecule has 0 aliphatic carbocycles. The van der Waals surface area contributed by atoms with E-state index in [9.17, 15) is 4.79 Å². The lowest BCUT2D eigenvalue weighted by Gasteiger charge is -2.06. The number of rotatable bonds is 15. The SMILES string of the molecule is CC(=O)O.CCCCCCCCCCCC(=O)NCCNCCO. The van der Waals surface area contributed by atoms with Crippen molar-refractivity contribution < 1.29 is 19.8 Å². The Kier molecular flexibility index (Phi) is 22.9. The average molecular weight is 347 g/mol. The molecule has 0 spiro atoms. The van der Waals surface area contributed by atoms with Gasteiger partial charge >= 0.3 is 0 Å². The number of hydrogen-bond acceptors (Lipinski definition) is 4. The summed E-state index contributed by atoms with van der Waals surface area (Å²) in [5.41, 5.74) is 0. The minimum atomic E-state index is -0.833. The van der Waals surface area contributed by atoms with Crippen molar-refractivity contribution >= 4 is 11.9 Å². The second-order valence-corrected chi connectivity index (χ2v) is 5.92. The van der Waals surface area contributed by atoms with Crippen molar-refractivity contribution in [3.8, 4) is 0 Å². The van der Waals surface area contributed by atoms with Crippen LogP contribution in [0.1, 0.15) is 78.1 Å². The lowest BCUT2D eigenvalue weighted by Crippen LogP contribution is -2.32. The van der Waals surface area contributed by atoms with Crippen molar-refractivity contribution in [2.75, 3.05) is 26.2 Å². The van der Waals surface area contributed by atoms with Gasteiger partial charge in [0, 0.05) is 33.0 Å². The molecule has 24 heavy (non-hydrogen) atoms. The smallest absolute Gasteiger partial charge is 0.300 e. The third-order valence-corrected chi connectivity index (χ3v) is 3.42. The first-order chi connectivity index (χ1) is 11.5. The van der Waals surface area contributed by atoms with Crippen molar-refractivity contribution in [3.05, 3.63) is 0 Å². The van der Waals surface area contributed by atoms with E-state index in [2.05, 4.69) is 17.6 Å². The van der Waals surface area contributed by atoms with Gasteiger partial charge in [0.2, 0.25) is 5.91 Å². The van der Waals surface area contributed by atoms with E-state index in [1.165, 1.54) is 51.4 Å². The minimum absolute atomic E-state index is 0.145. The molecule has 0 aromatic rings. The quantitative estimate of drug-likeness (QED) is 0.342. The largest absolute Gasteiger partial charge is 0.481 e. The number of carboxylic acid groups (broad SMARTS) is 1. The summed E-state index contributed by atoms with van der Waals surface area (Å²) in [5.74, 6) is -0.682. The van der Waals surface area contributed by atoms with E-state index in [1.807, 2.05) is 0 Å². The highest BCUT2D eigenvalue weighted by Crippen LogP contribution is 2.10. The van der Waals surface area contributed by atoms with Crippen molar-refractivity contribution in [2.45, 2.75) is 78.1 Å². The number of unbranched alkanes of at least 4 members (excludes halogenated alkanes) is 8. The summed E-state index contributed by atoms with van der Waals surface area (Å²) in [5, 5.41) is 21.9. The Hall–Kier alpha value is -1.14. The monoisotopic (exact) mass is 346 g/mol. The molecule has 144 valence electrons. The van der Waals surface area contributed by atoms with E-state index in [1.54, 1.807) is 0 Å². The van der Waals surface area contributed by atoms with Gasteiger partial charge in [-0.25, -0.2) is 0 Å². The van der Waals surface area contributed by atoms with Crippen molar-refractivity contribution in [3.63, 3.8) is 0 Å². The van der Waals surface area contributed by atoms with E-state index < -0.39 is 5.97 Å². The Bertz CT molecular complexity index is 282. The fourth-order valence-electron chi connectivity index (χ4n) is 2.18. The first-order valence-corrected chi connectivity index (χ1v) is 9.32. The normalized spacial score (nSPS) is 9.96. The molecule has 0 fully saturated rings. The molecule has 0 rings (SSSR count). The number of carboxylic acids is 1. The van der Waals surface area contributed by atoms with Crippen molar-refractivity contribution in [1.29, 1.82) is 0 Å². The number of carbonyl (C=O) groups is 2. The van der Waals surface area contributed by atoms with E-state index in [0.717, 1.165) is 19.9 Å². The van der Waals surface area contributed by atoms with Crippen LogP contribution in [-0.4, -0.2) is 48.3 Å². The zero-order valence-electron chi connectivity index (χ0n) is 15.6. The summed E-state index contributed by atoms with van der Waals surface area (Å²) in [7, 11) is 0. The molecule has 0 aliphatic heterocycles. The molecule has 1 amide bonds. The maximum absolute atomic E-state index is 11.5. The van der Waals surface area contributed by atoms with Crippen LogP contribution in [0.5, 0.6) is 0 Å². The van der Waals surface area contributed by atoms with Crippen molar-refractivity contribution in [2.24, 2.45) is 0 Å². The number of hydrogen-bond donors (Lipinski definition) is 4. The van der Waals surface area contributed by atoms with Crippen molar-refractivity contribution in [1.82, 2.24) is 10.6 Å². The Morgan fingerprint density at radius 1 is 0.833 bits per heavy atom. The van der Waals surface area contributed by atoms with Crippen LogP contribution in [0, 0.1) is 0 Å². The van der Waals surface area contributed by atoms with Gasteiger partial charge in [-0.3, -0.25) is 9.59 Å². The standard InChI is InChI=1S/C16H34N2O2.C2H4O2/c1-2-3-4-5-6-7-8-9-10-11-16(20)18-13-12-17-14-15-19;1-2(3)4/h17,19H,2-15H2,1H3,(H,18,20);1H3,(H,3,4). The Morgan fingerprint density at radius 3 is 1.83 bits per heavy atom. The summed E-state index contributed by atoms with van der Waals surface area (Å²) >= 11 is 0. The number of aliphatic hydroxyl groups excluding tert-OH is 1. The maximum atomic E-state index is 11.5. The molecule has 0 aliphatic rings. The van der Waals surface area contributed by atoms with Gasteiger partial charge in [-0.15, -0.1) is 0 Å². The Labute approximate surface area is 147 Å². The third kappa shape index (κ3) is 28.9. The molecule has 0 saturated carbocycles. The van der Waals surface area contributed by atoms with Gasteiger partial charge in [0.05, 0.1) is 6.61 Å². The van der Waals surface area contributed by atoms with E-state index >= 15 is 0 Å². The average Bonchev–Trinajstić information content (AvgIpc) is 2.52. The molecular weight excluding hydrogens is 308 g/mol. The first-order valence-electron chi connectivity index (χ1n) is 9.32. The highest BCUT2D eigenvalue weighted by Gasteiger charge is 2.00. The Morgan fingerprint density at radius 2 is 1.33 bits per heavy atom. The van der Waals surface area contributed by atoms with Gasteiger partial charge in [-0.1, -0.05) is 58.3 Å². The number of carbonyl (C=O) groups excluding carboxylic acids is 1. The number of aliphatic carboxylic acids is 1. The lowest BCUT2D eigenvalue weighted by atomic mass is 10.1. The highest BCUT2D eigenvalue weighted by atomic mass is 16.4. The second-order valence-electron chi connectivity index (χ2n) is 5.92. The highest BCUT2D eigenvalue weighted by molar-refractivity contribution is 5.75. The summed E-state index contributed by atoms with van der Waals surface area (Å²) in [6.45, 7) is 5.44. The molecule has 6 nitrogen and oxygen atoms in total. The fourth-order valence-corrected chi connectivity index (χ4v) is 2.18. The van der Waals surface area contributed by atoms with Crippen LogP contribution in [0.2, 0.25) is 0 Å². The predicted octanol–water partition coefficient (Wildman–Crippen LogP) is 2.70. The van der Waals surface area contributed by atoms with Crippen LogP contribution in [0.4, 0.5) is 0 Å². The van der Waals surface area contributed by atoms with Gasteiger partial charge in [0.25, 0.3) is 5.97 Å². The Balaban J connectivity index is 0. The molecule has 0 atom stereocenters. The predicted molar refractivity (Wildman–Crippen MR) is 98.1 cm³/mol. The van der Waals surface area contributed by atoms with Crippen LogP contribution in [0.15, 0.2) is 0 Å². The molecule has 4 N–H and O–H groups in total. The van der Waals surface area contributed by atoms with Crippen LogP contribution < -0.4 is 10.6 Å². The van der Waals surface area contributed by atoms with Crippen LogP contribution in [-0.2, 0) is 9.59 Å². The second kappa shape index (κ2) is 21.9. The van der Waals surface area contributed by atoms with Crippen LogP contribution in [0.3, 0.4) is 0 Å². The molecule has 0 bridgehead atoms. The first kappa shape index (κ1) is 25.1. The molecule has 6 heteroatoms. The zero-order valence-corrected chi connectivity index (χ0v) is 15.6. The van der Waals surface area contributed by atoms with Gasteiger partial charge in [0.15, 0.2) is 0 Å². The number of nitrogens with one attached hydrogen (secondary N) is 2. The molecule has 0 radical (unpaired) electrons. The topological polar surface area (TPSA) is 98.7 Å². The van der Waals surface area contributed by atoms with Gasteiger partial charge in [0.1, 0.15) is 0 Å². The minimum Gasteiger partial charge on any atom is -0.481 e. The van der Waals surface area contributed by atoms with E-state index in [-0.39, 0.29) is 12.5 Å². The van der Waals surface area contributed by atoms with E-state index in [4.69, 9.17) is 15.0 Å².